The van der Waals surface area contributed by atoms with Crippen LogP contribution in [-0.4, -0.2) is 38.0 Å². The summed E-state index contributed by atoms with van der Waals surface area (Å²) >= 11 is 4.89. The average Bonchev–Trinajstić information content (AvgIpc) is 3.42. The molecule has 0 aliphatic carbocycles. The molecular formula is C37H33BrN2O7S. The summed E-state index contributed by atoms with van der Waals surface area (Å²) < 4.78 is 31.3. The number of esters is 1. The Kier molecular flexibility index (Phi) is 9.98. The highest BCUT2D eigenvalue weighted by molar-refractivity contribution is 9.10. The Morgan fingerprint density at radius 2 is 1.67 bits per heavy atom. The van der Waals surface area contributed by atoms with Gasteiger partial charge in [-0.1, -0.05) is 75.8 Å². The number of carbonyl (C=O) groups is 1. The Hall–Kier alpha value is -4.87. The van der Waals surface area contributed by atoms with E-state index in [9.17, 15) is 9.59 Å². The number of ether oxygens (including phenoxy) is 5. The van der Waals surface area contributed by atoms with Gasteiger partial charge in [0.05, 0.1) is 43.6 Å². The molecule has 4 aromatic carbocycles. The lowest BCUT2D eigenvalue weighted by molar-refractivity contribution is -0.136. The molecule has 1 aromatic heterocycles. The topological polar surface area (TPSA) is 97.6 Å². The zero-order valence-corrected chi connectivity index (χ0v) is 29.2. The number of benzene rings is 4. The van der Waals surface area contributed by atoms with Crippen LogP contribution >= 0.6 is 27.3 Å². The molecule has 6 rings (SSSR count). The van der Waals surface area contributed by atoms with Crippen molar-refractivity contribution in [1.29, 1.82) is 0 Å². The Bertz CT molecular complexity index is 2220. The lowest BCUT2D eigenvalue weighted by Crippen LogP contribution is -2.39. The molecular weight excluding hydrogens is 696 g/mol. The molecule has 0 spiro atoms. The maximum Gasteiger partial charge on any atom is 0.337 e. The lowest BCUT2D eigenvalue weighted by atomic mass is 9.97. The standard InChI is InChI=1S/C37H33BrN2O7S/c1-5-45-29-15-14-23(16-31(29)46-6-2)34-27(36(42)44-4)20-39-37-40(34)35(41)33(48-37)18-25-17-30(43-3)32(19-28(25)38)47-21-24-12-9-11-22-10-7-8-13-26(22)24/h7-20,34H,5-6,21H2,1-4H3/b33-18-/t34-/m0/s1. The van der Waals surface area contributed by atoms with Crippen LogP contribution in [0.4, 0.5) is 0 Å². The van der Waals surface area contributed by atoms with Gasteiger partial charge in [-0.05, 0) is 71.7 Å². The van der Waals surface area contributed by atoms with Crippen LogP contribution in [0.25, 0.3) is 16.8 Å². The second-order valence-electron chi connectivity index (χ2n) is 10.7. The molecule has 2 heterocycles. The van der Waals surface area contributed by atoms with Gasteiger partial charge in [0.25, 0.3) is 5.56 Å². The van der Waals surface area contributed by atoms with Gasteiger partial charge in [0, 0.05) is 10.7 Å². The molecule has 0 saturated heterocycles. The van der Waals surface area contributed by atoms with Crippen molar-refractivity contribution in [3.05, 3.63) is 125 Å². The van der Waals surface area contributed by atoms with E-state index in [1.54, 1.807) is 25.3 Å². The number of hydrogen-bond donors (Lipinski definition) is 0. The van der Waals surface area contributed by atoms with Crippen LogP contribution in [-0.2, 0) is 16.1 Å². The van der Waals surface area contributed by atoms with Crippen molar-refractivity contribution in [3.63, 3.8) is 0 Å². The van der Waals surface area contributed by atoms with E-state index in [1.165, 1.54) is 29.2 Å². The van der Waals surface area contributed by atoms with Crippen LogP contribution in [0.3, 0.4) is 0 Å². The third kappa shape index (κ3) is 6.48. The molecule has 0 amide bonds. The summed E-state index contributed by atoms with van der Waals surface area (Å²) in [5, 5.41) is 2.26. The number of nitrogens with zero attached hydrogens (tertiary/aromatic N) is 2. The first kappa shape index (κ1) is 33.0. The minimum Gasteiger partial charge on any atom is -0.493 e. The van der Waals surface area contributed by atoms with E-state index >= 15 is 0 Å². The predicted octanol–water partition coefficient (Wildman–Crippen LogP) is 6.32. The lowest BCUT2D eigenvalue weighted by Gasteiger charge is -2.23. The van der Waals surface area contributed by atoms with Gasteiger partial charge in [0.1, 0.15) is 6.61 Å². The third-order valence-electron chi connectivity index (χ3n) is 7.84. The third-order valence-corrected chi connectivity index (χ3v) is 9.52. The number of hydrogen-bond acceptors (Lipinski definition) is 9. The molecule has 0 N–H and O–H groups in total. The van der Waals surface area contributed by atoms with Gasteiger partial charge in [-0.25, -0.2) is 9.79 Å². The Morgan fingerprint density at radius 1 is 0.917 bits per heavy atom. The molecule has 1 atom stereocenters. The van der Waals surface area contributed by atoms with E-state index in [2.05, 4.69) is 39.1 Å². The molecule has 1 aliphatic rings. The molecule has 5 aromatic rings. The van der Waals surface area contributed by atoms with E-state index in [-0.39, 0.29) is 11.1 Å². The summed E-state index contributed by atoms with van der Waals surface area (Å²) in [4.78, 5) is 32.0. The Morgan fingerprint density at radius 3 is 2.44 bits per heavy atom. The van der Waals surface area contributed by atoms with E-state index < -0.39 is 12.0 Å². The largest absolute Gasteiger partial charge is 0.493 e. The smallest absolute Gasteiger partial charge is 0.337 e. The minimum atomic E-state index is -0.798. The molecule has 0 unspecified atom stereocenters. The van der Waals surface area contributed by atoms with E-state index in [1.807, 2.05) is 56.3 Å². The SMILES string of the molecule is CCOc1ccc([C@H]2C(C(=O)OC)=CN=c3s/c(=C\c4cc(OC)c(OCc5cccc6ccccc56)cc4Br)c(=O)n32)cc1OCC. The second-order valence-corrected chi connectivity index (χ2v) is 12.6. The maximum atomic E-state index is 14.1. The first-order valence-electron chi connectivity index (χ1n) is 15.3. The fraction of sp³-hybridized carbons (Fsp3) is 0.216. The van der Waals surface area contributed by atoms with Crippen LogP contribution in [0.5, 0.6) is 23.0 Å². The normalized spacial score (nSPS) is 14.1. The molecule has 246 valence electrons. The van der Waals surface area contributed by atoms with Crippen molar-refractivity contribution >= 4 is 50.1 Å². The van der Waals surface area contributed by atoms with Gasteiger partial charge >= 0.3 is 5.97 Å². The average molecular weight is 730 g/mol. The highest BCUT2D eigenvalue weighted by atomic mass is 79.9. The summed E-state index contributed by atoms with van der Waals surface area (Å²) in [6.45, 7) is 4.99. The number of fused-ring (bicyclic) bond motifs is 2. The zero-order valence-electron chi connectivity index (χ0n) is 26.8. The molecule has 48 heavy (non-hydrogen) atoms. The van der Waals surface area contributed by atoms with Gasteiger partial charge in [0.15, 0.2) is 27.8 Å². The van der Waals surface area contributed by atoms with Crippen molar-refractivity contribution in [3.8, 4) is 23.0 Å². The monoisotopic (exact) mass is 728 g/mol. The quantitative estimate of drug-likeness (QED) is 0.147. The van der Waals surface area contributed by atoms with Gasteiger partial charge in [-0.2, -0.15) is 0 Å². The highest BCUT2D eigenvalue weighted by Gasteiger charge is 2.31. The van der Waals surface area contributed by atoms with Crippen LogP contribution in [0.2, 0.25) is 0 Å². The summed E-state index contributed by atoms with van der Waals surface area (Å²) in [7, 11) is 2.88. The van der Waals surface area contributed by atoms with E-state index in [0.717, 1.165) is 16.3 Å². The van der Waals surface area contributed by atoms with Crippen molar-refractivity contribution in [2.75, 3.05) is 27.4 Å². The first-order chi connectivity index (χ1) is 23.4. The number of rotatable bonds is 11. The minimum absolute atomic E-state index is 0.221. The summed E-state index contributed by atoms with van der Waals surface area (Å²) in [6, 6.07) is 22.5. The Balaban J connectivity index is 1.38. The number of carbonyl (C=O) groups excluding carboxylic acids is 1. The molecule has 9 nitrogen and oxygen atoms in total. The molecule has 0 radical (unpaired) electrons. The maximum absolute atomic E-state index is 14.1. The molecule has 0 saturated carbocycles. The van der Waals surface area contributed by atoms with Gasteiger partial charge in [-0.3, -0.25) is 9.36 Å². The van der Waals surface area contributed by atoms with Gasteiger partial charge < -0.3 is 23.7 Å². The number of aromatic nitrogens is 1. The molecule has 0 fully saturated rings. The number of thiazole rings is 1. The molecule has 11 heteroatoms. The van der Waals surface area contributed by atoms with Gasteiger partial charge in [-0.15, -0.1) is 0 Å². The molecule has 1 aliphatic heterocycles. The summed E-state index contributed by atoms with van der Waals surface area (Å²) in [6.07, 6.45) is 3.23. The Labute approximate surface area is 289 Å². The van der Waals surface area contributed by atoms with Crippen molar-refractivity contribution in [1.82, 2.24) is 4.57 Å². The van der Waals surface area contributed by atoms with Crippen LogP contribution in [0, 0.1) is 0 Å². The van der Waals surface area contributed by atoms with Crippen LogP contribution in [0.1, 0.15) is 36.6 Å². The van der Waals surface area contributed by atoms with Crippen molar-refractivity contribution in [2.45, 2.75) is 26.5 Å². The fourth-order valence-electron chi connectivity index (χ4n) is 5.64. The number of halogens is 1. The fourth-order valence-corrected chi connectivity index (χ4v) is 7.03. The molecule has 0 bridgehead atoms. The zero-order chi connectivity index (χ0) is 33.8. The van der Waals surface area contributed by atoms with Crippen molar-refractivity contribution in [2.24, 2.45) is 4.99 Å². The number of methoxy groups -OCH3 is 2. The highest BCUT2D eigenvalue weighted by Crippen LogP contribution is 2.36. The second kappa shape index (κ2) is 14.5. The predicted molar refractivity (Wildman–Crippen MR) is 189 cm³/mol. The van der Waals surface area contributed by atoms with E-state index in [0.29, 0.717) is 67.8 Å². The summed E-state index contributed by atoms with van der Waals surface area (Å²) in [5.74, 6) is 1.57. The van der Waals surface area contributed by atoms with Crippen LogP contribution in [0.15, 0.2) is 98.8 Å². The van der Waals surface area contributed by atoms with Gasteiger partial charge in [0.2, 0.25) is 0 Å². The first-order valence-corrected chi connectivity index (χ1v) is 16.9. The summed E-state index contributed by atoms with van der Waals surface area (Å²) in [5.41, 5.74) is 2.32. The van der Waals surface area contributed by atoms with Crippen molar-refractivity contribution < 1.29 is 28.5 Å². The van der Waals surface area contributed by atoms with Crippen LogP contribution < -0.4 is 33.8 Å². The van der Waals surface area contributed by atoms with E-state index in [4.69, 9.17) is 23.7 Å².